The zero-order valence-corrected chi connectivity index (χ0v) is 21.7. The lowest BCUT2D eigenvalue weighted by atomic mass is 9.93. The van der Waals surface area contributed by atoms with E-state index >= 15 is 0 Å². The predicted octanol–water partition coefficient (Wildman–Crippen LogP) is 3.23. The molecular weight excluding hydrogens is 464 g/mol. The summed E-state index contributed by atoms with van der Waals surface area (Å²) in [5.41, 5.74) is 2.36. The van der Waals surface area contributed by atoms with Crippen molar-refractivity contribution < 1.29 is 33.7 Å². The predicted molar refractivity (Wildman–Crippen MR) is 134 cm³/mol. The first-order valence-electron chi connectivity index (χ1n) is 11.4. The van der Waals surface area contributed by atoms with Crippen LogP contribution in [0.2, 0.25) is 0 Å². The first kappa shape index (κ1) is 26.7. The lowest BCUT2D eigenvalue weighted by molar-refractivity contribution is -0.140. The van der Waals surface area contributed by atoms with Gasteiger partial charge in [-0.2, -0.15) is 0 Å². The van der Waals surface area contributed by atoms with Crippen LogP contribution in [-0.2, 0) is 14.4 Å². The lowest BCUT2D eigenvalue weighted by Crippen LogP contribution is -2.35. The molecule has 1 saturated heterocycles. The van der Waals surface area contributed by atoms with Crippen LogP contribution in [0.25, 0.3) is 5.76 Å². The van der Waals surface area contributed by atoms with E-state index in [0.717, 1.165) is 11.1 Å². The largest absolute Gasteiger partial charge is 0.507 e. The van der Waals surface area contributed by atoms with Crippen LogP contribution in [-0.4, -0.2) is 74.0 Å². The van der Waals surface area contributed by atoms with Gasteiger partial charge in [0.2, 0.25) is 0 Å². The summed E-state index contributed by atoms with van der Waals surface area (Å²) in [5, 5.41) is 11.5. The van der Waals surface area contributed by atoms with Crippen LogP contribution < -0.4 is 14.2 Å². The van der Waals surface area contributed by atoms with Gasteiger partial charge in [-0.05, 0) is 62.8 Å². The van der Waals surface area contributed by atoms with E-state index in [1.807, 2.05) is 38.9 Å². The van der Waals surface area contributed by atoms with Gasteiger partial charge in [0.1, 0.15) is 11.5 Å². The summed E-state index contributed by atoms with van der Waals surface area (Å²) < 4.78 is 16.1. The number of aliphatic hydroxyl groups is 1. The first-order valence-corrected chi connectivity index (χ1v) is 11.4. The molecule has 9 heteroatoms. The summed E-state index contributed by atoms with van der Waals surface area (Å²) in [6, 6.07) is 7.51. The van der Waals surface area contributed by atoms with E-state index in [0.29, 0.717) is 29.2 Å². The molecule has 3 rings (SSSR count). The highest BCUT2D eigenvalue weighted by Crippen LogP contribution is 2.43. The molecule has 1 N–H and O–H groups in total. The third-order valence-electron chi connectivity index (χ3n) is 5.96. The number of esters is 1. The van der Waals surface area contributed by atoms with Crippen molar-refractivity contribution in [3.8, 4) is 17.2 Å². The average Bonchev–Trinajstić information content (AvgIpc) is 3.06. The number of ether oxygens (including phenoxy) is 3. The number of carbonyl (C=O) groups is 3. The lowest BCUT2D eigenvalue weighted by Gasteiger charge is -2.27. The van der Waals surface area contributed by atoms with Crippen molar-refractivity contribution in [2.45, 2.75) is 26.8 Å². The van der Waals surface area contributed by atoms with Crippen LogP contribution >= 0.6 is 0 Å². The summed E-state index contributed by atoms with van der Waals surface area (Å²) in [5.74, 6) is -1.54. The second kappa shape index (κ2) is 10.8. The first-order chi connectivity index (χ1) is 17.0. The second-order valence-corrected chi connectivity index (χ2v) is 8.96. The van der Waals surface area contributed by atoms with Gasteiger partial charge in [0.05, 0.1) is 31.4 Å². The molecule has 0 bridgehead atoms. The number of aliphatic hydroxyl groups excluding tert-OH is 1. The monoisotopic (exact) mass is 496 g/mol. The number of rotatable bonds is 8. The van der Waals surface area contributed by atoms with Crippen LogP contribution in [0.1, 0.15) is 35.2 Å². The van der Waals surface area contributed by atoms with Gasteiger partial charge < -0.3 is 29.1 Å². The maximum Gasteiger partial charge on any atom is 0.308 e. The third-order valence-corrected chi connectivity index (χ3v) is 5.96. The second-order valence-electron chi connectivity index (χ2n) is 8.96. The normalized spacial score (nSPS) is 17.0. The molecule has 1 atom stereocenters. The highest BCUT2D eigenvalue weighted by Gasteiger charge is 2.46. The van der Waals surface area contributed by atoms with Crippen LogP contribution in [0.5, 0.6) is 17.2 Å². The van der Waals surface area contributed by atoms with Crippen LogP contribution in [0.3, 0.4) is 0 Å². The minimum atomic E-state index is -0.921. The molecule has 1 amide bonds. The number of methoxy groups -OCH3 is 2. The number of hydrogen-bond donors (Lipinski definition) is 1. The molecule has 1 heterocycles. The number of Topliss-reactive ketones (excluding diaryl/α,β-unsaturated/α-hetero) is 1. The number of benzene rings is 2. The number of amides is 1. The molecule has 9 nitrogen and oxygen atoms in total. The van der Waals surface area contributed by atoms with E-state index in [1.165, 1.54) is 26.0 Å². The Kier molecular flexibility index (Phi) is 8.04. The summed E-state index contributed by atoms with van der Waals surface area (Å²) in [6.07, 6.45) is 0. The molecule has 2 aromatic rings. The Labute approximate surface area is 210 Å². The van der Waals surface area contributed by atoms with Crippen LogP contribution in [0, 0.1) is 13.8 Å². The number of hydrogen-bond acceptors (Lipinski definition) is 8. The topological polar surface area (TPSA) is 106 Å². The quantitative estimate of drug-likeness (QED) is 0.195. The number of likely N-dealkylation sites (tertiary alicyclic amines) is 1. The van der Waals surface area contributed by atoms with Gasteiger partial charge in [-0.3, -0.25) is 14.4 Å². The van der Waals surface area contributed by atoms with Crippen molar-refractivity contribution in [2.75, 3.05) is 41.4 Å². The van der Waals surface area contributed by atoms with E-state index in [2.05, 4.69) is 0 Å². The summed E-state index contributed by atoms with van der Waals surface area (Å²) in [7, 11) is 6.64. The van der Waals surface area contributed by atoms with E-state index in [1.54, 1.807) is 24.3 Å². The van der Waals surface area contributed by atoms with Crippen LogP contribution in [0.15, 0.2) is 35.9 Å². The van der Waals surface area contributed by atoms with Gasteiger partial charge in [-0.25, -0.2) is 0 Å². The van der Waals surface area contributed by atoms with Crippen molar-refractivity contribution in [3.63, 3.8) is 0 Å². The molecule has 0 aromatic heterocycles. The Morgan fingerprint density at radius 1 is 1.06 bits per heavy atom. The number of carbonyl (C=O) groups excluding carboxylic acids is 3. The molecule has 1 aliphatic heterocycles. The average molecular weight is 497 g/mol. The number of aryl methyl sites for hydroxylation is 2. The molecule has 192 valence electrons. The zero-order valence-electron chi connectivity index (χ0n) is 21.7. The third kappa shape index (κ3) is 5.21. The van der Waals surface area contributed by atoms with Gasteiger partial charge in [0, 0.05) is 20.0 Å². The maximum absolute atomic E-state index is 13.3. The van der Waals surface area contributed by atoms with Crippen molar-refractivity contribution in [1.82, 2.24) is 9.80 Å². The molecule has 1 aliphatic rings. The summed E-state index contributed by atoms with van der Waals surface area (Å²) in [6.45, 7) is 5.69. The van der Waals surface area contributed by atoms with Gasteiger partial charge in [-0.1, -0.05) is 12.1 Å². The molecule has 0 radical (unpaired) electrons. The fraction of sp³-hybridized carbons (Fsp3) is 0.370. The molecule has 0 spiro atoms. The van der Waals surface area contributed by atoms with Gasteiger partial charge in [0.25, 0.3) is 11.7 Å². The van der Waals surface area contributed by atoms with Gasteiger partial charge in [-0.15, -0.1) is 0 Å². The molecule has 1 unspecified atom stereocenters. The number of ketones is 1. The highest BCUT2D eigenvalue weighted by molar-refractivity contribution is 6.46. The zero-order chi connectivity index (χ0) is 26.7. The molecule has 36 heavy (non-hydrogen) atoms. The fourth-order valence-corrected chi connectivity index (χ4v) is 4.41. The van der Waals surface area contributed by atoms with E-state index < -0.39 is 23.7 Å². The summed E-state index contributed by atoms with van der Waals surface area (Å²) in [4.78, 5) is 41.5. The van der Waals surface area contributed by atoms with Gasteiger partial charge in [0.15, 0.2) is 11.5 Å². The van der Waals surface area contributed by atoms with Crippen molar-refractivity contribution >= 4 is 23.4 Å². The Bertz CT molecular complexity index is 1230. The van der Waals surface area contributed by atoms with Crippen LogP contribution in [0.4, 0.5) is 0 Å². The van der Waals surface area contributed by atoms with Crippen molar-refractivity contribution in [1.29, 1.82) is 0 Å². The number of nitrogens with zero attached hydrogens (tertiary/aromatic N) is 2. The van der Waals surface area contributed by atoms with Gasteiger partial charge >= 0.3 is 5.97 Å². The standard InChI is InChI=1S/C27H32N2O7/c1-15-12-16(2)26(35-7)19(13-15)24(31)22-23(29(11-10-28(4)5)27(33)25(22)32)18-8-9-20(34-6)21(14-18)36-17(3)30/h8-9,12-14,23,31H,10-11H2,1-7H3/b24-22+. The maximum atomic E-state index is 13.3. The molecule has 0 saturated carbocycles. The summed E-state index contributed by atoms with van der Waals surface area (Å²) >= 11 is 0. The Balaban J connectivity index is 2.29. The Morgan fingerprint density at radius 3 is 2.33 bits per heavy atom. The molecular formula is C27H32N2O7. The molecule has 2 aromatic carbocycles. The van der Waals surface area contributed by atoms with E-state index in [-0.39, 0.29) is 23.6 Å². The minimum absolute atomic E-state index is 0.0685. The minimum Gasteiger partial charge on any atom is -0.507 e. The molecule has 1 fully saturated rings. The van der Waals surface area contributed by atoms with E-state index in [4.69, 9.17) is 14.2 Å². The van der Waals surface area contributed by atoms with E-state index in [9.17, 15) is 19.5 Å². The smallest absolute Gasteiger partial charge is 0.308 e. The number of likely N-dealkylation sites (N-methyl/N-ethyl adjacent to an activating group) is 1. The SMILES string of the molecule is COc1ccc(C2/C(=C(\O)c3cc(C)cc(C)c3OC)C(=O)C(=O)N2CCN(C)C)cc1OC(C)=O. The Morgan fingerprint density at radius 2 is 1.75 bits per heavy atom. The van der Waals surface area contributed by atoms with Crippen molar-refractivity contribution in [3.05, 3.63) is 58.2 Å². The fourth-order valence-electron chi connectivity index (χ4n) is 4.41. The highest BCUT2D eigenvalue weighted by atomic mass is 16.6. The Hall–Kier alpha value is -3.85. The van der Waals surface area contributed by atoms with Crippen molar-refractivity contribution in [2.24, 2.45) is 0 Å². The molecule has 0 aliphatic carbocycles.